The molecule has 66 valence electrons. The molecule has 2 aromatic rings. The van der Waals surface area contributed by atoms with Gasteiger partial charge < -0.3 is 0 Å². The summed E-state index contributed by atoms with van der Waals surface area (Å²) in [6.45, 7) is 0. The molecule has 0 radical (unpaired) electrons. The van der Waals surface area contributed by atoms with Crippen LogP contribution in [0.1, 0.15) is 0 Å². The molecule has 0 spiro atoms. The van der Waals surface area contributed by atoms with Crippen LogP contribution in [0.25, 0.3) is 11.3 Å². The van der Waals surface area contributed by atoms with Crippen molar-refractivity contribution in [3.8, 4) is 11.3 Å². The van der Waals surface area contributed by atoms with Crippen molar-refractivity contribution in [3.63, 3.8) is 0 Å². The number of rotatable bonds is 2. The molecule has 0 bridgehead atoms. The first-order valence-corrected chi connectivity index (χ1v) is 5.49. The molecule has 0 atom stereocenters. The van der Waals surface area contributed by atoms with E-state index in [4.69, 9.17) is 0 Å². The van der Waals surface area contributed by atoms with Gasteiger partial charge in [-0.25, -0.2) is 9.97 Å². The fraction of sp³-hybridized carbons (Fsp3) is 0.143. The molecule has 6 heteroatoms. The van der Waals surface area contributed by atoms with Crippen LogP contribution in [0.4, 0.5) is 0 Å². The Kier molecular flexibility index (Phi) is 2.51. The van der Waals surface area contributed by atoms with Gasteiger partial charge in [0.25, 0.3) is 0 Å². The molecular formula is C7H6N4S2. The Bertz CT molecular complexity index is 386. The van der Waals surface area contributed by atoms with Crippen molar-refractivity contribution in [2.24, 2.45) is 0 Å². The van der Waals surface area contributed by atoms with Crippen LogP contribution in [0, 0.1) is 0 Å². The third-order valence-electron chi connectivity index (χ3n) is 1.49. The van der Waals surface area contributed by atoms with E-state index >= 15 is 0 Å². The van der Waals surface area contributed by atoms with Crippen LogP contribution in [-0.2, 0) is 0 Å². The fourth-order valence-corrected chi connectivity index (χ4v) is 2.20. The van der Waals surface area contributed by atoms with Crippen molar-refractivity contribution in [2.75, 3.05) is 6.26 Å². The number of hydrogen-bond acceptors (Lipinski definition) is 6. The van der Waals surface area contributed by atoms with Gasteiger partial charge in [0, 0.05) is 18.0 Å². The zero-order valence-corrected chi connectivity index (χ0v) is 8.47. The molecule has 0 saturated heterocycles. The molecule has 0 amide bonds. The van der Waals surface area contributed by atoms with Gasteiger partial charge in [-0.2, -0.15) is 8.75 Å². The predicted octanol–water partition coefficient (Wildman–Crippen LogP) is 1.72. The van der Waals surface area contributed by atoms with E-state index in [1.54, 1.807) is 24.2 Å². The molecule has 0 aliphatic carbocycles. The number of hydrogen-bond donors (Lipinski definition) is 0. The van der Waals surface area contributed by atoms with Crippen LogP contribution >= 0.6 is 23.5 Å². The summed E-state index contributed by atoms with van der Waals surface area (Å²) in [5.41, 5.74) is 1.79. The van der Waals surface area contributed by atoms with Gasteiger partial charge in [0.15, 0.2) is 0 Å². The molecule has 13 heavy (non-hydrogen) atoms. The second kappa shape index (κ2) is 3.80. The van der Waals surface area contributed by atoms with E-state index in [9.17, 15) is 0 Å². The van der Waals surface area contributed by atoms with E-state index in [0.717, 1.165) is 16.3 Å². The van der Waals surface area contributed by atoms with Crippen LogP contribution in [0.15, 0.2) is 23.7 Å². The molecule has 0 aliphatic rings. The van der Waals surface area contributed by atoms with E-state index in [-0.39, 0.29) is 0 Å². The van der Waals surface area contributed by atoms with E-state index in [1.165, 1.54) is 18.1 Å². The maximum absolute atomic E-state index is 4.19. The first kappa shape index (κ1) is 8.58. The fourth-order valence-electron chi connectivity index (χ4n) is 0.912. The van der Waals surface area contributed by atoms with Crippen molar-refractivity contribution < 1.29 is 0 Å². The zero-order valence-electron chi connectivity index (χ0n) is 6.84. The Hall–Kier alpha value is -1.01. The predicted molar refractivity (Wildman–Crippen MR) is 52.7 cm³/mol. The Labute approximate surface area is 83.8 Å². The first-order valence-electron chi connectivity index (χ1n) is 3.53. The first-order chi connectivity index (χ1) is 6.42. The molecule has 0 unspecified atom stereocenters. The average molecular weight is 210 g/mol. The Morgan fingerprint density at radius 2 is 2.00 bits per heavy atom. The van der Waals surface area contributed by atoms with Crippen LogP contribution in [0.3, 0.4) is 0 Å². The van der Waals surface area contributed by atoms with Crippen molar-refractivity contribution in [1.29, 1.82) is 0 Å². The maximum Gasteiger partial charge on any atom is 0.138 e. The van der Waals surface area contributed by atoms with Crippen LogP contribution in [0.2, 0.25) is 0 Å². The summed E-state index contributed by atoms with van der Waals surface area (Å²) in [4.78, 5) is 7.87. The second-order valence-electron chi connectivity index (χ2n) is 2.25. The van der Waals surface area contributed by atoms with Gasteiger partial charge in [-0.3, -0.25) is 0 Å². The SMILES string of the molecule is CSc1nsnc1-c1cncnc1. The molecule has 4 nitrogen and oxygen atoms in total. The summed E-state index contributed by atoms with van der Waals surface area (Å²) in [7, 11) is 0. The monoisotopic (exact) mass is 210 g/mol. The molecule has 2 heterocycles. The number of nitrogens with zero attached hydrogens (tertiary/aromatic N) is 4. The van der Waals surface area contributed by atoms with Crippen molar-refractivity contribution in [3.05, 3.63) is 18.7 Å². The summed E-state index contributed by atoms with van der Waals surface area (Å²) < 4.78 is 8.34. The molecule has 0 saturated carbocycles. The summed E-state index contributed by atoms with van der Waals surface area (Å²) in [6.07, 6.45) is 6.96. The van der Waals surface area contributed by atoms with Gasteiger partial charge in [0.05, 0.1) is 11.7 Å². The molecule has 0 N–H and O–H groups in total. The minimum Gasteiger partial charge on any atom is -0.244 e. The molecule has 2 aromatic heterocycles. The lowest BCUT2D eigenvalue weighted by Crippen LogP contribution is -1.83. The Morgan fingerprint density at radius 1 is 1.23 bits per heavy atom. The third kappa shape index (κ3) is 1.68. The largest absolute Gasteiger partial charge is 0.244 e. The molecule has 0 aliphatic heterocycles. The van der Waals surface area contributed by atoms with Crippen LogP contribution in [-0.4, -0.2) is 25.0 Å². The highest BCUT2D eigenvalue weighted by Crippen LogP contribution is 2.26. The highest BCUT2D eigenvalue weighted by Gasteiger charge is 2.08. The smallest absolute Gasteiger partial charge is 0.138 e. The van der Waals surface area contributed by atoms with Gasteiger partial charge in [-0.15, -0.1) is 11.8 Å². The second-order valence-corrected chi connectivity index (χ2v) is 3.57. The Balaban J connectivity index is 2.47. The van der Waals surface area contributed by atoms with Gasteiger partial charge in [-0.05, 0) is 6.26 Å². The third-order valence-corrected chi connectivity index (χ3v) is 2.80. The maximum atomic E-state index is 4.19. The highest BCUT2D eigenvalue weighted by molar-refractivity contribution is 7.98. The summed E-state index contributed by atoms with van der Waals surface area (Å²) >= 11 is 2.79. The summed E-state index contributed by atoms with van der Waals surface area (Å²) in [5.74, 6) is 0. The molecular weight excluding hydrogens is 204 g/mol. The summed E-state index contributed by atoms with van der Waals surface area (Å²) in [6, 6.07) is 0. The lowest BCUT2D eigenvalue weighted by atomic mass is 10.3. The molecule has 2 rings (SSSR count). The van der Waals surface area contributed by atoms with Gasteiger partial charge in [0.1, 0.15) is 17.0 Å². The van der Waals surface area contributed by atoms with E-state index < -0.39 is 0 Å². The minimum absolute atomic E-state index is 0.873. The number of aromatic nitrogens is 4. The summed E-state index contributed by atoms with van der Waals surface area (Å²) in [5, 5.41) is 0.930. The molecule has 0 aromatic carbocycles. The lowest BCUT2D eigenvalue weighted by Gasteiger charge is -1.95. The quantitative estimate of drug-likeness (QED) is 0.706. The minimum atomic E-state index is 0.873. The van der Waals surface area contributed by atoms with Crippen LogP contribution in [0.5, 0.6) is 0 Å². The molecule has 0 fully saturated rings. The van der Waals surface area contributed by atoms with Crippen LogP contribution < -0.4 is 0 Å². The zero-order chi connectivity index (χ0) is 9.10. The van der Waals surface area contributed by atoms with Gasteiger partial charge in [0.2, 0.25) is 0 Å². The Morgan fingerprint density at radius 3 is 2.69 bits per heavy atom. The normalized spacial score (nSPS) is 10.2. The average Bonchev–Trinajstić information content (AvgIpc) is 2.67. The van der Waals surface area contributed by atoms with E-state index in [2.05, 4.69) is 18.7 Å². The number of thioether (sulfide) groups is 1. The van der Waals surface area contributed by atoms with Crippen molar-refractivity contribution in [1.82, 2.24) is 18.7 Å². The lowest BCUT2D eigenvalue weighted by molar-refractivity contribution is 1.15. The van der Waals surface area contributed by atoms with Crippen molar-refractivity contribution in [2.45, 2.75) is 5.03 Å². The standard InChI is InChI=1S/C7H6N4S2/c1-12-7-6(10-13-11-7)5-2-8-4-9-3-5/h2-4H,1H3. The topological polar surface area (TPSA) is 51.6 Å². The highest BCUT2D eigenvalue weighted by atomic mass is 32.2. The van der Waals surface area contributed by atoms with Gasteiger partial charge in [-0.1, -0.05) is 0 Å². The van der Waals surface area contributed by atoms with Gasteiger partial charge >= 0.3 is 0 Å². The van der Waals surface area contributed by atoms with Crippen molar-refractivity contribution >= 4 is 23.5 Å². The van der Waals surface area contributed by atoms with E-state index in [0.29, 0.717) is 0 Å². The van der Waals surface area contributed by atoms with E-state index in [1.807, 2.05) is 6.26 Å².